The Morgan fingerprint density at radius 2 is 1.64 bits per heavy atom. The van der Waals surface area contributed by atoms with Gasteiger partial charge in [-0.1, -0.05) is 23.8 Å². The highest BCUT2D eigenvalue weighted by Crippen LogP contribution is 2.26. The van der Waals surface area contributed by atoms with Crippen LogP contribution in [0.2, 0.25) is 0 Å². The molecule has 0 saturated carbocycles. The lowest BCUT2D eigenvalue weighted by Crippen LogP contribution is -2.37. The van der Waals surface area contributed by atoms with Crippen LogP contribution in [0.4, 0.5) is 5.82 Å². The Bertz CT molecular complexity index is 1090. The van der Waals surface area contributed by atoms with E-state index in [9.17, 15) is 0 Å². The van der Waals surface area contributed by atoms with Gasteiger partial charge in [-0.05, 0) is 19.1 Å². The molecule has 0 aliphatic carbocycles. The van der Waals surface area contributed by atoms with Gasteiger partial charge in [0.05, 0.1) is 44.9 Å². The van der Waals surface area contributed by atoms with Crippen molar-refractivity contribution in [2.75, 3.05) is 64.6 Å². The van der Waals surface area contributed by atoms with Gasteiger partial charge in [0.2, 0.25) is 0 Å². The lowest BCUT2D eigenvalue weighted by atomic mass is 10.1. The first-order chi connectivity index (χ1) is 16.2. The van der Waals surface area contributed by atoms with E-state index in [-0.39, 0.29) is 0 Å². The maximum Gasteiger partial charge on any atom is 0.320 e. The SMILES string of the molecule is COc1nc(N2CCOCC2)cc(-n2nc(-c3cccc(C)c3)cc2CN2CCOCC2)n1. The molecule has 0 bridgehead atoms. The first-order valence-electron chi connectivity index (χ1n) is 11.4. The minimum atomic E-state index is 0.332. The summed E-state index contributed by atoms with van der Waals surface area (Å²) in [5.74, 6) is 1.52. The number of benzene rings is 1. The van der Waals surface area contributed by atoms with Gasteiger partial charge in [-0.2, -0.15) is 15.1 Å². The summed E-state index contributed by atoms with van der Waals surface area (Å²) >= 11 is 0. The standard InChI is InChI=1S/C24H30N6O3/c1-18-4-3-5-19(14-18)21-15-20(17-28-6-10-32-11-7-28)30(27-21)23-16-22(25-24(26-23)31-2)29-8-12-33-13-9-29/h3-5,14-16H,6-13,17H2,1-2H3. The smallest absolute Gasteiger partial charge is 0.320 e. The number of aromatic nitrogens is 4. The highest BCUT2D eigenvalue weighted by Gasteiger charge is 2.21. The van der Waals surface area contributed by atoms with E-state index in [0.717, 1.165) is 68.7 Å². The Balaban J connectivity index is 1.56. The monoisotopic (exact) mass is 450 g/mol. The van der Waals surface area contributed by atoms with Crippen LogP contribution in [0.15, 0.2) is 36.4 Å². The van der Waals surface area contributed by atoms with Gasteiger partial charge in [0.1, 0.15) is 5.82 Å². The van der Waals surface area contributed by atoms with Crippen molar-refractivity contribution in [1.82, 2.24) is 24.6 Å². The van der Waals surface area contributed by atoms with Crippen LogP contribution in [0.3, 0.4) is 0 Å². The maximum absolute atomic E-state index is 5.54. The first-order valence-corrected chi connectivity index (χ1v) is 11.4. The van der Waals surface area contributed by atoms with Gasteiger partial charge < -0.3 is 19.1 Å². The molecule has 0 amide bonds. The molecule has 5 rings (SSSR count). The average Bonchev–Trinajstić information content (AvgIpc) is 3.29. The Morgan fingerprint density at radius 1 is 0.909 bits per heavy atom. The van der Waals surface area contributed by atoms with E-state index >= 15 is 0 Å². The third-order valence-electron chi connectivity index (χ3n) is 6.00. The Hall–Kier alpha value is -3.01. The van der Waals surface area contributed by atoms with Gasteiger partial charge in [0.15, 0.2) is 5.82 Å². The van der Waals surface area contributed by atoms with Gasteiger partial charge >= 0.3 is 6.01 Å². The molecule has 2 saturated heterocycles. The first kappa shape index (κ1) is 21.8. The third kappa shape index (κ3) is 5.00. The summed E-state index contributed by atoms with van der Waals surface area (Å²) in [6.45, 7) is 9.10. The zero-order valence-electron chi connectivity index (χ0n) is 19.2. The molecular formula is C24H30N6O3. The van der Waals surface area contributed by atoms with Gasteiger partial charge in [0.25, 0.3) is 0 Å². The molecule has 0 atom stereocenters. The molecule has 9 heteroatoms. The van der Waals surface area contributed by atoms with Crippen LogP contribution in [0.25, 0.3) is 17.1 Å². The summed E-state index contributed by atoms with van der Waals surface area (Å²) in [5.41, 5.74) is 4.29. The van der Waals surface area contributed by atoms with Gasteiger partial charge in [0, 0.05) is 44.4 Å². The molecule has 0 unspecified atom stereocenters. The highest BCUT2D eigenvalue weighted by atomic mass is 16.5. The third-order valence-corrected chi connectivity index (χ3v) is 6.00. The summed E-state index contributed by atoms with van der Waals surface area (Å²) in [4.78, 5) is 13.8. The molecule has 9 nitrogen and oxygen atoms in total. The van der Waals surface area contributed by atoms with Crippen molar-refractivity contribution in [2.24, 2.45) is 0 Å². The topological polar surface area (TPSA) is 77.8 Å². The van der Waals surface area contributed by atoms with E-state index in [0.29, 0.717) is 25.0 Å². The predicted octanol–water partition coefficient (Wildman–Crippen LogP) is 2.32. The molecule has 3 aromatic rings. The molecular weight excluding hydrogens is 420 g/mol. The van der Waals surface area contributed by atoms with Crippen LogP contribution in [0.5, 0.6) is 6.01 Å². The van der Waals surface area contributed by atoms with E-state index in [1.54, 1.807) is 7.11 Å². The highest BCUT2D eigenvalue weighted by molar-refractivity contribution is 5.61. The number of anilines is 1. The van der Waals surface area contributed by atoms with E-state index in [1.165, 1.54) is 5.56 Å². The number of aryl methyl sites for hydroxylation is 1. The molecule has 0 radical (unpaired) electrons. The number of nitrogens with zero attached hydrogens (tertiary/aromatic N) is 6. The Morgan fingerprint density at radius 3 is 2.36 bits per heavy atom. The zero-order valence-corrected chi connectivity index (χ0v) is 19.2. The summed E-state index contributed by atoms with van der Waals surface area (Å²) in [5, 5.41) is 4.99. The van der Waals surface area contributed by atoms with Gasteiger partial charge in [-0.15, -0.1) is 0 Å². The molecule has 2 fully saturated rings. The van der Waals surface area contributed by atoms with Crippen molar-refractivity contribution >= 4 is 5.82 Å². The van der Waals surface area contributed by atoms with E-state index in [4.69, 9.17) is 19.3 Å². The molecule has 1 aromatic carbocycles. The Kier molecular flexibility index (Phi) is 6.52. The van der Waals surface area contributed by atoms with Crippen LogP contribution >= 0.6 is 0 Å². The summed E-state index contributed by atoms with van der Waals surface area (Å²) < 4.78 is 18.4. The van der Waals surface area contributed by atoms with E-state index < -0.39 is 0 Å². The second kappa shape index (κ2) is 9.86. The van der Waals surface area contributed by atoms with Crippen molar-refractivity contribution in [2.45, 2.75) is 13.5 Å². The average molecular weight is 451 g/mol. The number of hydrogen-bond acceptors (Lipinski definition) is 8. The van der Waals surface area contributed by atoms with Crippen molar-refractivity contribution < 1.29 is 14.2 Å². The normalized spacial score (nSPS) is 17.3. The van der Waals surface area contributed by atoms with Gasteiger partial charge in [-0.3, -0.25) is 4.90 Å². The van der Waals surface area contributed by atoms with Crippen LogP contribution < -0.4 is 9.64 Å². The van der Waals surface area contributed by atoms with Crippen molar-refractivity contribution in [1.29, 1.82) is 0 Å². The fourth-order valence-corrected chi connectivity index (χ4v) is 4.22. The molecule has 33 heavy (non-hydrogen) atoms. The molecule has 2 aliphatic rings. The molecule has 2 aliphatic heterocycles. The molecule has 0 N–H and O–H groups in total. The number of morpholine rings is 2. The number of ether oxygens (including phenoxy) is 3. The van der Waals surface area contributed by atoms with Crippen molar-refractivity contribution in [3.05, 3.63) is 47.7 Å². The van der Waals surface area contributed by atoms with Crippen LogP contribution in [-0.4, -0.2) is 84.4 Å². The van der Waals surface area contributed by atoms with Crippen molar-refractivity contribution in [3.63, 3.8) is 0 Å². The van der Waals surface area contributed by atoms with E-state index in [1.807, 2.05) is 10.7 Å². The zero-order chi connectivity index (χ0) is 22.6. The summed E-state index contributed by atoms with van der Waals surface area (Å²) in [7, 11) is 1.60. The minimum absolute atomic E-state index is 0.332. The fourth-order valence-electron chi connectivity index (χ4n) is 4.22. The lowest BCUT2D eigenvalue weighted by Gasteiger charge is -2.28. The number of rotatable bonds is 6. The molecule has 0 spiro atoms. The number of hydrogen-bond donors (Lipinski definition) is 0. The second-order valence-corrected chi connectivity index (χ2v) is 8.36. The predicted molar refractivity (Wildman–Crippen MR) is 125 cm³/mol. The maximum atomic E-state index is 5.54. The van der Waals surface area contributed by atoms with Crippen molar-refractivity contribution in [3.8, 4) is 23.1 Å². The van der Waals surface area contributed by atoms with Crippen LogP contribution in [0.1, 0.15) is 11.3 Å². The minimum Gasteiger partial charge on any atom is -0.467 e. The molecule has 4 heterocycles. The summed E-state index contributed by atoms with van der Waals surface area (Å²) in [6.07, 6.45) is 0. The van der Waals surface area contributed by atoms with E-state index in [2.05, 4.69) is 57.0 Å². The number of methoxy groups -OCH3 is 1. The quantitative estimate of drug-likeness (QED) is 0.566. The second-order valence-electron chi connectivity index (χ2n) is 8.36. The van der Waals surface area contributed by atoms with Crippen LogP contribution in [0, 0.1) is 6.92 Å². The van der Waals surface area contributed by atoms with Crippen LogP contribution in [-0.2, 0) is 16.0 Å². The summed E-state index contributed by atoms with van der Waals surface area (Å²) in [6, 6.07) is 12.9. The fraction of sp³-hybridized carbons (Fsp3) is 0.458. The van der Waals surface area contributed by atoms with Gasteiger partial charge in [-0.25, -0.2) is 4.68 Å². The largest absolute Gasteiger partial charge is 0.467 e. The molecule has 174 valence electrons. The lowest BCUT2D eigenvalue weighted by molar-refractivity contribution is 0.0333. The molecule has 2 aromatic heterocycles. The Labute approximate surface area is 193 Å².